The zero-order valence-corrected chi connectivity index (χ0v) is 10.2. The van der Waals surface area contributed by atoms with Gasteiger partial charge in [0.05, 0.1) is 17.5 Å². The van der Waals surface area contributed by atoms with Gasteiger partial charge in [-0.3, -0.25) is 0 Å². The largest absolute Gasteiger partial charge is 0.390 e. The van der Waals surface area contributed by atoms with E-state index in [1.165, 1.54) is 4.57 Å². The van der Waals surface area contributed by atoms with Crippen LogP contribution in [0.1, 0.15) is 6.42 Å². The lowest BCUT2D eigenvalue weighted by Crippen LogP contribution is -2.13. The summed E-state index contributed by atoms with van der Waals surface area (Å²) in [5, 5.41) is 0. The first-order valence-electron chi connectivity index (χ1n) is 4.85. The van der Waals surface area contributed by atoms with Crippen molar-refractivity contribution in [2.75, 3.05) is 5.73 Å². The molecule has 0 fully saturated rings. The van der Waals surface area contributed by atoms with E-state index in [1.54, 1.807) is 18.2 Å². The monoisotopic (exact) mass is 307 g/mol. The molecule has 0 amide bonds. The van der Waals surface area contributed by atoms with Crippen LogP contribution in [0.15, 0.2) is 22.7 Å². The number of rotatable bonds is 2. The topological polar surface area (TPSA) is 43.8 Å². The quantitative estimate of drug-likeness (QED) is 0.925. The molecule has 2 aromatic rings. The second-order valence-corrected chi connectivity index (χ2v) is 4.54. The molecule has 1 aromatic carbocycles. The standard InChI is InChI=1S/C10H9BrF3N3/c11-6-1-2-7-8(5-6)17(9(15)16-7)4-3-10(12,13)14/h1-2,5H,3-4H2,(H2,15,16). The summed E-state index contributed by atoms with van der Waals surface area (Å²) in [6.45, 7) is -0.220. The fourth-order valence-electron chi connectivity index (χ4n) is 1.59. The maximum Gasteiger partial charge on any atom is 0.390 e. The first kappa shape index (κ1) is 12.2. The lowest BCUT2D eigenvalue weighted by Gasteiger charge is -2.09. The maximum atomic E-state index is 12.2. The molecule has 0 aliphatic carbocycles. The smallest absolute Gasteiger partial charge is 0.369 e. The number of aromatic nitrogens is 2. The third kappa shape index (κ3) is 2.71. The molecule has 0 atom stereocenters. The summed E-state index contributed by atoms with van der Waals surface area (Å²) in [5.41, 5.74) is 6.79. The molecule has 7 heteroatoms. The van der Waals surface area contributed by atoms with Crippen LogP contribution in [-0.2, 0) is 6.54 Å². The number of nitrogens with two attached hydrogens (primary N) is 1. The lowest BCUT2D eigenvalue weighted by molar-refractivity contribution is -0.136. The van der Waals surface area contributed by atoms with Gasteiger partial charge in [-0.05, 0) is 18.2 Å². The van der Waals surface area contributed by atoms with Crippen LogP contribution in [-0.4, -0.2) is 15.7 Å². The van der Waals surface area contributed by atoms with Gasteiger partial charge in [0.2, 0.25) is 5.95 Å². The fraction of sp³-hybridized carbons (Fsp3) is 0.300. The molecule has 0 bridgehead atoms. The second kappa shape index (κ2) is 4.21. The molecule has 0 saturated heterocycles. The number of benzene rings is 1. The second-order valence-electron chi connectivity index (χ2n) is 3.62. The Kier molecular flexibility index (Phi) is 3.03. The maximum absolute atomic E-state index is 12.2. The lowest BCUT2D eigenvalue weighted by atomic mass is 10.3. The van der Waals surface area contributed by atoms with E-state index in [0.29, 0.717) is 11.0 Å². The zero-order chi connectivity index (χ0) is 12.6. The number of aryl methyl sites for hydroxylation is 1. The van der Waals surface area contributed by atoms with E-state index >= 15 is 0 Å². The van der Waals surface area contributed by atoms with E-state index in [0.717, 1.165) is 4.47 Å². The van der Waals surface area contributed by atoms with Gasteiger partial charge < -0.3 is 10.3 Å². The normalized spacial score (nSPS) is 12.2. The Balaban J connectivity index is 2.38. The van der Waals surface area contributed by atoms with E-state index in [9.17, 15) is 13.2 Å². The average molecular weight is 308 g/mol. The molecule has 0 unspecified atom stereocenters. The Labute approximate surface area is 104 Å². The van der Waals surface area contributed by atoms with Gasteiger partial charge in [0.15, 0.2) is 0 Å². The number of halogens is 4. The predicted molar refractivity (Wildman–Crippen MR) is 62.5 cm³/mol. The van der Waals surface area contributed by atoms with Gasteiger partial charge in [-0.2, -0.15) is 13.2 Å². The highest BCUT2D eigenvalue weighted by molar-refractivity contribution is 9.10. The molecule has 17 heavy (non-hydrogen) atoms. The van der Waals surface area contributed by atoms with Crippen molar-refractivity contribution in [3.8, 4) is 0 Å². The van der Waals surface area contributed by atoms with E-state index < -0.39 is 12.6 Å². The highest BCUT2D eigenvalue weighted by Gasteiger charge is 2.27. The minimum Gasteiger partial charge on any atom is -0.369 e. The Morgan fingerprint density at radius 3 is 2.71 bits per heavy atom. The van der Waals surface area contributed by atoms with Crippen molar-refractivity contribution in [2.24, 2.45) is 0 Å². The van der Waals surface area contributed by atoms with Crippen LogP contribution in [0.4, 0.5) is 19.1 Å². The molecule has 2 rings (SSSR count). The number of imidazole rings is 1. The average Bonchev–Trinajstić information content (AvgIpc) is 2.49. The van der Waals surface area contributed by atoms with Crippen molar-refractivity contribution < 1.29 is 13.2 Å². The van der Waals surface area contributed by atoms with Gasteiger partial charge in [0, 0.05) is 11.0 Å². The summed E-state index contributed by atoms with van der Waals surface area (Å²) < 4.78 is 38.7. The molecule has 0 saturated carbocycles. The number of anilines is 1. The van der Waals surface area contributed by atoms with Crippen molar-refractivity contribution in [2.45, 2.75) is 19.1 Å². The SMILES string of the molecule is Nc1nc2ccc(Br)cc2n1CCC(F)(F)F. The van der Waals surface area contributed by atoms with Gasteiger partial charge in [0.1, 0.15) is 0 Å². The Bertz CT molecular complexity index is 547. The van der Waals surface area contributed by atoms with Crippen LogP contribution in [0.25, 0.3) is 11.0 Å². The molecule has 92 valence electrons. The van der Waals surface area contributed by atoms with E-state index in [1.807, 2.05) is 0 Å². The van der Waals surface area contributed by atoms with Crippen molar-refractivity contribution >= 4 is 32.9 Å². The molecule has 0 aliphatic rings. The highest BCUT2D eigenvalue weighted by atomic mass is 79.9. The van der Waals surface area contributed by atoms with Crippen LogP contribution >= 0.6 is 15.9 Å². The summed E-state index contributed by atoms with van der Waals surface area (Å²) in [6, 6.07) is 5.18. The van der Waals surface area contributed by atoms with Crippen LogP contribution in [0.2, 0.25) is 0 Å². The summed E-state index contributed by atoms with van der Waals surface area (Å²) in [6.07, 6.45) is -5.12. The van der Waals surface area contributed by atoms with Crippen molar-refractivity contribution in [3.05, 3.63) is 22.7 Å². The molecular weight excluding hydrogens is 299 g/mol. The van der Waals surface area contributed by atoms with E-state index in [2.05, 4.69) is 20.9 Å². The van der Waals surface area contributed by atoms with Crippen molar-refractivity contribution in [1.29, 1.82) is 0 Å². The third-order valence-corrected chi connectivity index (χ3v) is 2.85. The minimum absolute atomic E-state index is 0.0994. The highest BCUT2D eigenvalue weighted by Crippen LogP contribution is 2.25. The van der Waals surface area contributed by atoms with E-state index in [4.69, 9.17) is 5.73 Å². The Morgan fingerprint density at radius 1 is 1.35 bits per heavy atom. The van der Waals surface area contributed by atoms with Crippen LogP contribution in [0.5, 0.6) is 0 Å². The first-order chi connectivity index (χ1) is 7.87. The number of alkyl halides is 3. The summed E-state index contributed by atoms with van der Waals surface area (Å²) >= 11 is 3.26. The third-order valence-electron chi connectivity index (χ3n) is 2.36. The van der Waals surface area contributed by atoms with E-state index in [-0.39, 0.29) is 12.5 Å². The van der Waals surface area contributed by atoms with Crippen LogP contribution in [0.3, 0.4) is 0 Å². The number of nitrogen functional groups attached to an aromatic ring is 1. The summed E-state index contributed by atoms with van der Waals surface area (Å²) in [7, 11) is 0. The molecule has 0 radical (unpaired) electrons. The minimum atomic E-state index is -4.20. The zero-order valence-electron chi connectivity index (χ0n) is 8.63. The van der Waals surface area contributed by atoms with Crippen LogP contribution < -0.4 is 5.73 Å². The van der Waals surface area contributed by atoms with Gasteiger partial charge in [-0.25, -0.2) is 4.98 Å². The Morgan fingerprint density at radius 2 is 2.06 bits per heavy atom. The van der Waals surface area contributed by atoms with Gasteiger partial charge >= 0.3 is 6.18 Å². The Hall–Kier alpha value is -1.24. The van der Waals surface area contributed by atoms with Crippen molar-refractivity contribution in [3.63, 3.8) is 0 Å². The fourth-order valence-corrected chi connectivity index (χ4v) is 1.94. The summed E-state index contributed by atoms with van der Waals surface area (Å²) in [4.78, 5) is 4.01. The number of hydrogen-bond donors (Lipinski definition) is 1. The van der Waals surface area contributed by atoms with Gasteiger partial charge in [-0.15, -0.1) is 0 Å². The molecule has 1 heterocycles. The van der Waals surface area contributed by atoms with Crippen molar-refractivity contribution in [1.82, 2.24) is 9.55 Å². The molecular formula is C10H9BrF3N3. The molecule has 0 spiro atoms. The molecule has 0 aliphatic heterocycles. The van der Waals surface area contributed by atoms with Crippen LogP contribution in [0, 0.1) is 0 Å². The summed E-state index contributed by atoms with van der Waals surface area (Å²) in [5.74, 6) is 0.0994. The van der Waals surface area contributed by atoms with Gasteiger partial charge in [0.25, 0.3) is 0 Å². The molecule has 2 N–H and O–H groups in total. The predicted octanol–water partition coefficient (Wildman–Crippen LogP) is 3.33. The first-order valence-corrected chi connectivity index (χ1v) is 5.64. The number of hydrogen-bond acceptors (Lipinski definition) is 2. The number of fused-ring (bicyclic) bond motifs is 1. The molecule has 1 aromatic heterocycles. The molecule has 3 nitrogen and oxygen atoms in total. The number of nitrogens with zero attached hydrogens (tertiary/aromatic N) is 2. The van der Waals surface area contributed by atoms with Gasteiger partial charge in [-0.1, -0.05) is 15.9 Å².